The summed E-state index contributed by atoms with van der Waals surface area (Å²) in [5.74, 6) is 0.0901. The van der Waals surface area contributed by atoms with Crippen molar-refractivity contribution in [2.24, 2.45) is 0 Å². The fraction of sp³-hybridized carbons (Fsp3) is 0.240. The van der Waals surface area contributed by atoms with Gasteiger partial charge in [0, 0.05) is 17.4 Å². The van der Waals surface area contributed by atoms with Crippen molar-refractivity contribution in [3.8, 4) is 11.1 Å². The minimum atomic E-state index is -1.20. The number of carbonyl (C=O) groups excluding carboxylic acids is 1. The summed E-state index contributed by atoms with van der Waals surface area (Å²) in [4.78, 5) is 32.2. The summed E-state index contributed by atoms with van der Waals surface area (Å²) in [5.41, 5.74) is 1.37. The molecule has 5 nitrogen and oxygen atoms in total. The molecule has 0 saturated carbocycles. The molecule has 0 atom stereocenters. The van der Waals surface area contributed by atoms with E-state index in [1.807, 2.05) is 66.0 Å². The number of thiophene rings is 1. The Labute approximate surface area is 185 Å². The third kappa shape index (κ3) is 3.91. The maximum Gasteiger partial charge on any atom is 0.331 e. The molecule has 0 fully saturated rings. The number of fused-ring (bicyclic) bond motifs is 1. The normalized spacial score (nSPS) is 11.6. The van der Waals surface area contributed by atoms with E-state index in [4.69, 9.17) is 9.72 Å². The molecule has 2 heterocycles. The van der Waals surface area contributed by atoms with E-state index >= 15 is 0 Å². The molecule has 4 aromatic rings. The van der Waals surface area contributed by atoms with E-state index in [0.717, 1.165) is 16.7 Å². The quantitative estimate of drug-likeness (QED) is 0.402. The van der Waals surface area contributed by atoms with Crippen LogP contribution in [0.25, 0.3) is 21.3 Å². The van der Waals surface area contributed by atoms with Gasteiger partial charge in [-0.1, -0.05) is 60.7 Å². The van der Waals surface area contributed by atoms with Gasteiger partial charge in [0.1, 0.15) is 16.2 Å². The van der Waals surface area contributed by atoms with Gasteiger partial charge >= 0.3 is 5.97 Å². The Bertz CT molecular complexity index is 1270. The van der Waals surface area contributed by atoms with Crippen molar-refractivity contribution in [1.29, 1.82) is 0 Å². The SMILES string of the molecule is CCOC(=O)C(C)(C)n1c(Cc2ccccc2)nc2scc(-c3ccccc3)c2c1=O. The Morgan fingerprint density at radius 2 is 1.71 bits per heavy atom. The van der Waals surface area contributed by atoms with Gasteiger partial charge in [-0.15, -0.1) is 11.3 Å². The molecule has 0 aliphatic carbocycles. The zero-order valence-electron chi connectivity index (χ0n) is 17.8. The second-order valence-electron chi connectivity index (χ2n) is 7.81. The van der Waals surface area contributed by atoms with Crippen LogP contribution in [0.5, 0.6) is 0 Å². The van der Waals surface area contributed by atoms with Crippen LogP contribution in [0, 0.1) is 0 Å². The van der Waals surface area contributed by atoms with Gasteiger partial charge in [0.2, 0.25) is 0 Å². The molecule has 2 aromatic heterocycles. The molecular weight excluding hydrogens is 408 g/mol. The Balaban J connectivity index is 1.98. The maximum absolute atomic E-state index is 13.9. The topological polar surface area (TPSA) is 61.2 Å². The number of carbonyl (C=O) groups is 1. The number of benzene rings is 2. The first-order valence-electron chi connectivity index (χ1n) is 10.2. The molecule has 0 saturated heterocycles. The fourth-order valence-electron chi connectivity index (χ4n) is 3.74. The molecule has 0 radical (unpaired) electrons. The number of aromatic nitrogens is 2. The van der Waals surface area contributed by atoms with Gasteiger partial charge in [-0.05, 0) is 31.9 Å². The highest BCUT2D eigenvalue weighted by molar-refractivity contribution is 7.17. The van der Waals surface area contributed by atoms with Crippen LogP contribution in [0.2, 0.25) is 0 Å². The number of nitrogens with zero attached hydrogens (tertiary/aromatic N) is 2. The van der Waals surface area contributed by atoms with Crippen molar-refractivity contribution in [3.05, 3.63) is 87.8 Å². The van der Waals surface area contributed by atoms with Crippen molar-refractivity contribution in [3.63, 3.8) is 0 Å². The van der Waals surface area contributed by atoms with Crippen molar-refractivity contribution in [2.75, 3.05) is 6.61 Å². The van der Waals surface area contributed by atoms with Gasteiger partial charge in [-0.2, -0.15) is 0 Å². The molecule has 0 aliphatic heterocycles. The number of hydrogen-bond donors (Lipinski definition) is 0. The second-order valence-corrected chi connectivity index (χ2v) is 8.66. The average molecular weight is 433 g/mol. The van der Waals surface area contributed by atoms with E-state index in [1.165, 1.54) is 15.9 Å². The average Bonchev–Trinajstić information content (AvgIpc) is 3.19. The molecule has 0 spiro atoms. The molecule has 2 aromatic carbocycles. The van der Waals surface area contributed by atoms with Gasteiger partial charge < -0.3 is 4.74 Å². The third-order valence-corrected chi connectivity index (χ3v) is 6.17. The predicted octanol–water partition coefficient (Wildman–Crippen LogP) is 5.01. The molecule has 0 amide bonds. The number of ether oxygens (including phenoxy) is 1. The lowest BCUT2D eigenvalue weighted by Gasteiger charge is -2.27. The highest BCUT2D eigenvalue weighted by atomic mass is 32.1. The van der Waals surface area contributed by atoms with E-state index in [-0.39, 0.29) is 12.2 Å². The van der Waals surface area contributed by atoms with E-state index in [2.05, 4.69) is 0 Å². The first-order chi connectivity index (χ1) is 14.9. The summed E-state index contributed by atoms with van der Waals surface area (Å²) in [6.45, 7) is 5.43. The highest BCUT2D eigenvalue weighted by Crippen LogP contribution is 2.32. The van der Waals surface area contributed by atoms with Gasteiger partial charge in [0.25, 0.3) is 5.56 Å². The molecule has 0 aliphatic rings. The Hall–Kier alpha value is -3.25. The van der Waals surface area contributed by atoms with Crippen LogP contribution < -0.4 is 5.56 Å². The van der Waals surface area contributed by atoms with Crippen molar-refractivity contribution in [2.45, 2.75) is 32.7 Å². The third-order valence-electron chi connectivity index (χ3n) is 5.30. The van der Waals surface area contributed by atoms with Gasteiger partial charge in [0.15, 0.2) is 0 Å². The minimum absolute atomic E-state index is 0.228. The van der Waals surface area contributed by atoms with Crippen molar-refractivity contribution < 1.29 is 9.53 Å². The standard InChI is InChI=1S/C25H24N2O3S/c1-4-30-24(29)25(2,3)27-20(15-17-11-7-5-8-12-17)26-22-21(23(27)28)19(16-31-22)18-13-9-6-10-14-18/h5-14,16H,4,15H2,1-3H3. The zero-order valence-corrected chi connectivity index (χ0v) is 18.6. The largest absolute Gasteiger partial charge is 0.464 e. The van der Waals surface area contributed by atoms with Crippen LogP contribution in [-0.4, -0.2) is 22.1 Å². The van der Waals surface area contributed by atoms with Crippen LogP contribution in [0.15, 0.2) is 70.8 Å². The lowest BCUT2D eigenvalue weighted by atomic mass is 10.0. The summed E-state index contributed by atoms with van der Waals surface area (Å²) in [5, 5.41) is 2.49. The van der Waals surface area contributed by atoms with Crippen LogP contribution in [0.4, 0.5) is 0 Å². The molecule has 0 bridgehead atoms. The number of esters is 1. The van der Waals surface area contributed by atoms with Crippen LogP contribution >= 0.6 is 11.3 Å². The van der Waals surface area contributed by atoms with Gasteiger partial charge in [0.05, 0.1) is 12.0 Å². The molecule has 158 valence electrons. The monoisotopic (exact) mass is 432 g/mol. The molecule has 0 N–H and O–H groups in total. The van der Waals surface area contributed by atoms with Crippen LogP contribution in [0.3, 0.4) is 0 Å². The Morgan fingerprint density at radius 3 is 2.35 bits per heavy atom. The summed E-state index contributed by atoms with van der Waals surface area (Å²) in [6.07, 6.45) is 0.438. The lowest BCUT2D eigenvalue weighted by molar-refractivity contribution is -0.152. The Morgan fingerprint density at radius 1 is 1.06 bits per heavy atom. The lowest BCUT2D eigenvalue weighted by Crippen LogP contribution is -2.46. The highest BCUT2D eigenvalue weighted by Gasteiger charge is 2.36. The van der Waals surface area contributed by atoms with E-state index in [9.17, 15) is 9.59 Å². The molecular formula is C25H24N2O3S. The number of hydrogen-bond acceptors (Lipinski definition) is 5. The molecule has 31 heavy (non-hydrogen) atoms. The summed E-state index contributed by atoms with van der Waals surface area (Å²) in [7, 11) is 0. The van der Waals surface area contributed by atoms with Gasteiger partial charge in [-0.25, -0.2) is 9.78 Å². The van der Waals surface area contributed by atoms with Gasteiger partial charge in [-0.3, -0.25) is 9.36 Å². The van der Waals surface area contributed by atoms with Crippen molar-refractivity contribution in [1.82, 2.24) is 9.55 Å². The summed E-state index contributed by atoms with van der Waals surface area (Å²) < 4.78 is 6.82. The fourth-order valence-corrected chi connectivity index (χ4v) is 4.69. The zero-order chi connectivity index (χ0) is 22.0. The van der Waals surface area contributed by atoms with E-state index in [0.29, 0.717) is 22.5 Å². The van der Waals surface area contributed by atoms with Crippen LogP contribution in [-0.2, 0) is 21.5 Å². The first kappa shape index (κ1) is 21.0. The summed E-state index contributed by atoms with van der Waals surface area (Å²) >= 11 is 1.45. The summed E-state index contributed by atoms with van der Waals surface area (Å²) in [6, 6.07) is 19.6. The first-order valence-corrected chi connectivity index (χ1v) is 11.1. The number of rotatable bonds is 6. The second kappa shape index (κ2) is 8.47. The molecule has 6 heteroatoms. The van der Waals surface area contributed by atoms with E-state index < -0.39 is 11.5 Å². The minimum Gasteiger partial charge on any atom is -0.464 e. The maximum atomic E-state index is 13.9. The molecule has 0 unspecified atom stereocenters. The van der Waals surface area contributed by atoms with E-state index in [1.54, 1.807) is 20.8 Å². The smallest absolute Gasteiger partial charge is 0.331 e. The van der Waals surface area contributed by atoms with Crippen molar-refractivity contribution >= 4 is 27.5 Å². The predicted molar refractivity (Wildman–Crippen MR) is 125 cm³/mol. The van der Waals surface area contributed by atoms with Crippen LogP contribution in [0.1, 0.15) is 32.2 Å². The Kier molecular flexibility index (Phi) is 5.74. The molecule has 4 rings (SSSR count).